The van der Waals surface area contributed by atoms with Crippen molar-refractivity contribution in [3.05, 3.63) is 6.07 Å². The Morgan fingerprint density at radius 3 is 2.24 bits per heavy atom. The number of hydrogen-bond donors (Lipinski definition) is 0. The summed E-state index contributed by atoms with van der Waals surface area (Å²) < 4.78 is 36.1. The van der Waals surface area contributed by atoms with E-state index in [1.807, 2.05) is 0 Å². The van der Waals surface area contributed by atoms with E-state index in [2.05, 4.69) is 9.97 Å². The van der Waals surface area contributed by atoms with E-state index < -0.39 is 5.92 Å². The molecular formula is C10H13F2N3O2. The van der Waals surface area contributed by atoms with Crippen LogP contribution >= 0.6 is 0 Å². The fourth-order valence-electron chi connectivity index (χ4n) is 1.65. The van der Waals surface area contributed by atoms with Crippen molar-refractivity contribution >= 4 is 5.95 Å². The Labute approximate surface area is 97.4 Å². The fraction of sp³-hybridized carbons (Fsp3) is 0.600. The number of rotatable bonds is 3. The van der Waals surface area contributed by atoms with E-state index in [0.717, 1.165) is 0 Å². The van der Waals surface area contributed by atoms with Gasteiger partial charge in [0.25, 0.3) is 5.92 Å². The molecule has 1 aliphatic rings. The average Bonchev–Trinajstić information content (AvgIpc) is 2.69. The molecule has 1 aliphatic heterocycles. The second-order valence-corrected chi connectivity index (χ2v) is 3.78. The first kappa shape index (κ1) is 11.8. The van der Waals surface area contributed by atoms with Crippen LogP contribution < -0.4 is 14.4 Å². The minimum atomic E-state index is -2.68. The first-order valence-corrected chi connectivity index (χ1v) is 5.14. The van der Waals surface area contributed by atoms with Crippen LogP contribution in [0, 0.1) is 0 Å². The number of aromatic nitrogens is 2. The topological polar surface area (TPSA) is 47.5 Å². The van der Waals surface area contributed by atoms with Gasteiger partial charge in [-0.2, -0.15) is 9.97 Å². The molecule has 2 rings (SSSR count). The number of alkyl halides is 2. The molecule has 0 aliphatic carbocycles. The molecular weight excluding hydrogens is 232 g/mol. The van der Waals surface area contributed by atoms with Gasteiger partial charge < -0.3 is 14.4 Å². The Hall–Kier alpha value is -1.66. The molecule has 1 aromatic rings. The molecule has 0 spiro atoms. The molecule has 0 radical (unpaired) electrons. The van der Waals surface area contributed by atoms with Crippen molar-refractivity contribution in [3.63, 3.8) is 0 Å². The SMILES string of the molecule is COc1cc(OC)nc(N2CCC(F)(F)C2)n1. The van der Waals surface area contributed by atoms with Crippen LogP contribution in [-0.4, -0.2) is 43.2 Å². The lowest BCUT2D eigenvalue weighted by Gasteiger charge is -2.16. The zero-order valence-corrected chi connectivity index (χ0v) is 9.61. The predicted molar refractivity (Wildman–Crippen MR) is 56.9 cm³/mol. The van der Waals surface area contributed by atoms with Crippen LogP contribution in [0.15, 0.2) is 6.07 Å². The molecule has 94 valence electrons. The molecule has 1 saturated heterocycles. The molecule has 0 unspecified atom stereocenters. The molecule has 5 nitrogen and oxygen atoms in total. The maximum absolute atomic E-state index is 13.1. The van der Waals surface area contributed by atoms with Gasteiger partial charge in [0.05, 0.1) is 26.8 Å². The quantitative estimate of drug-likeness (QED) is 0.804. The lowest BCUT2D eigenvalue weighted by molar-refractivity contribution is 0.0256. The van der Waals surface area contributed by atoms with Crippen molar-refractivity contribution in [1.29, 1.82) is 0 Å². The summed E-state index contributed by atoms with van der Waals surface area (Å²) >= 11 is 0. The third kappa shape index (κ3) is 2.54. The molecule has 0 bridgehead atoms. The first-order chi connectivity index (χ1) is 8.04. The summed E-state index contributed by atoms with van der Waals surface area (Å²) in [7, 11) is 2.90. The second kappa shape index (κ2) is 4.31. The van der Waals surface area contributed by atoms with E-state index in [0.29, 0.717) is 11.8 Å². The van der Waals surface area contributed by atoms with Gasteiger partial charge in [-0.1, -0.05) is 0 Å². The van der Waals surface area contributed by atoms with Crippen molar-refractivity contribution in [1.82, 2.24) is 9.97 Å². The molecule has 0 amide bonds. The Morgan fingerprint density at radius 1 is 1.24 bits per heavy atom. The summed E-state index contributed by atoms with van der Waals surface area (Å²) in [6, 6.07) is 1.50. The lowest BCUT2D eigenvalue weighted by atomic mass is 10.3. The zero-order valence-electron chi connectivity index (χ0n) is 9.61. The van der Waals surface area contributed by atoms with Crippen molar-refractivity contribution in [2.24, 2.45) is 0 Å². The monoisotopic (exact) mass is 245 g/mol. The van der Waals surface area contributed by atoms with Gasteiger partial charge in [0.2, 0.25) is 17.7 Å². The summed E-state index contributed by atoms with van der Waals surface area (Å²) in [4.78, 5) is 9.48. The van der Waals surface area contributed by atoms with Gasteiger partial charge in [0.15, 0.2) is 0 Å². The largest absolute Gasteiger partial charge is 0.481 e. The Bertz CT molecular complexity index is 392. The minimum Gasteiger partial charge on any atom is -0.481 e. The average molecular weight is 245 g/mol. The van der Waals surface area contributed by atoms with Crippen LogP contribution in [0.1, 0.15) is 6.42 Å². The van der Waals surface area contributed by atoms with Gasteiger partial charge in [0.1, 0.15) is 0 Å². The number of methoxy groups -OCH3 is 2. The third-order valence-electron chi connectivity index (χ3n) is 2.54. The van der Waals surface area contributed by atoms with Gasteiger partial charge in [-0.15, -0.1) is 0 Å². The molecule has 2 heterocycles. The number of anilines is 1. The van der Waals surface area contributed by atoms with Gasteiger partial charge in [-0.05, 0) is 0 Å². The molecule has 0 atom stereocenters. The van der Waals surface area contributed by atoms with E-state index in [9.17, 15) is 8.78 Å². The van der Waals surface area contributed by atoms with Gasteiger partial charge in [0, 0.05) is 13.0 Å². The minimum absolute atomic E-state index is 0.185. The Morgan fingerprint density at radius 2 is 1.82 bits per heavy atom. The molecule has 0 aromatic carbocycles. The Balaban J connectivity index is 2.26. The highest BCUT2D eigenvalue weighted by atomic mass is 19.3. The summed E-state index contributed by atoms with van der Waals surface area (Å²) in [5.41, 5.74) is 0. The Kier molecular flexibility index (Phi) is 2.99. The summed E-state index contributed by atoms with van der Waals surface area (Å²) in [5, 5.41) is 0. The second-order valence-electron chi connectivity index (χ2n) is 3.78. The number of nitrogens with zero attached hydrogens (tertiary/aromatic N) is 3. The first-order valence-electron chi connectivity index (χ1n) is 5.14. The van der Waals surface area contributed by atoms with E-state index in [-0.39, 0.29) is 25.5 Å². The number of ether oxygens (including phenoxy) is 2. The predicted octanol–water partition coefficient (Wildman–Crippen LogP) is 1.34. The van der Waals surface area contributed by atoms with Crippen LogP contribution in [0.3, 0.4) is 0 Å². The summed E-state index contributed by atoms with van der Waals surface area (Å²) in [6.07, 6.45) is -0.185. The van der Waals surface area contributed by atoms with Crippen molar-refractivity contribution in [2.45, 2.75) is 12.3 Å². The summed E-state index contributed by atoms with van der Waals surface area (Å²) in [5.74, 6) is -1.89. The van der Waals surface area contributed by atoms with Crippen molar-refractivity contribution < 1.29 is 18.3 Å². The normalized spacial score (nSPS) is 18.2. The van der Waals surface area contributed by atoms with E-state index in [4.69, 9.17) is 9.47 Å². The highest BCUT2D eigenvalue weighted by Crippen LogP contribution is 2.30. The summed E-state index contributed by atoms with van der Waals surface area (Å²) in [6.45, 7) is -0.146. The molecule has 0 saturated carbocycles. The van der Waals surface area contributed by atoms with Crippen LogP contribution in [0.5, 0.6) is 11.8 Å². The lowest BCUT2D eigenvalue weighted by Crippen LogP contribution is -2.26. The third-order valence-corrected chi connectivity index (χ3v) is 2.54. The fourth-order valence-corrected chi connectivity index (χ4v) is 1.65. The zero-order chi connectivity index (χ0) is 12.5. The number of hydrogen-bond acceptors (Lipinski definition) is 5. The molecule has 17 heavy (non-hydrogen) atoms. The molecule has 7 heteroatoms. The van der Waals surface area contributed by atoms with E-state index >= 15 is 0 Å². The number of halogens is 2. The highest BCUT2D eigenvalue weighted by Gasteiger charge is 2.39. The van der Waals surface area contributed by atoms with Crippen LogP contribution in [0.25, 0.3) is 0 Å². The van der Waals surface area contributed by atoms with Crippen LogP contribution in [0.4, 0.5) is 14.7 Å². The maximum atomic E-state index is 13.1. The smallest absolute Gasteiger partial charge is 0.267 e. The van der Waals surface area contributed by atoms with Gasteiger partial charge in [-0.25, -0.2) is 8.78 Å². The van der Waals surface area contributed by atoms with Crippen molar-refractivity contribution in [2.75, 3.05) is 32.2 Å². The van der Waals surface area contributed by atoms with E-state index in [1.165, 1.54) is 25.2 Å². The molecule has 1 fully saturated rings. The van der Waals surface area contributed by atoms with Gasteiger partial charge >= 0.3 is 0 Å². The van der Waals surface area contributed by atoms with Crippen LogP contribution in [-0.2, 0) is 0 Å². The standard InChI is InChI=1S/C10H13F2N3O2/c1-16-7-5-8(17-2)14-9(13-7)15-4-3-10(11,12)6-15/h5H,3-4,6H2,1-2H3. The van der Waals surface area contributed by atoms with Crippen LogP contribution in [0.2, 0.25) is 0 Å². The maximum Gasteiger partial charge on any atom is 0.267 e. The van der Waals surface area contributed by atoms with Gasteiger partial charge in [-0.3, -0.25) is 0 Å². The van der Waals surface area contributed by atoms with Crippen molar-refractivity contribution in [3.8, 4) is 11.8 Å². The molecule has 1 aromatic heterocycles. The van der Waals surface area contributed by atoms with E-state index in [1.54, 1.807) is 0 Å². The highest BCUT2D eigenvalue weighted by molar-refractivity contribution is 5.38. The molecule has 0 N–H and O–H groups in total.